The lowest BCUT2D eigenvalue weighted by Gasteiger charge is -2.09. The van der Waals surface area contributed by atoms with Crippen molar-refractivity contribution in [1.29, 1.82) is 0 Å². The molecule has 150 valence electrons. The summed E-state index contributed by atoms with van der Waals surface area (Å²) in [5, 5.41) is 9.77. The molecule has 0 atom stereocenters. The third-order valence-corrected chi connectivity index (χ3v) is 4.19. The van der Waals surface area contributed by atoms with Crippen molar-refractivity contribution in [1.82, 2.24) is 15.1 Å². The second-order valence-corrected chi connectivity index (χ2v) is 6.25. The average Bonchev–Trinajstić information content (AvgIpc) is 2.73. The Morgan fingerprint density at radius 2 is 1.79 bits per heavy atom. The lowest BCUT2D eigenvalue weighted by Crippen LogP contribution is -2.31. The van der Waals surface area contributed by atoms with Crippen molar-refractivity contribution in [2.24, 2.45) is 0 Å². The number of carbonyl (C=O) groups is 1. The number of hydrogen-bond donors (Lipinski definition) is 2. The van der Waals surface area contributed by atoms with Crippen LogP contribution in [0.4, 0.5) is 14.9 Å². The standard InChI is InChI=1S/C21H21FN4O3/c1-29-18-9-7-17(8-10-18)24-21(28)23-13-2-14-26-20(27)12-11-19(25-26)15-3-5-16(22)6-4-15/h3-12H,2,13-14H2,1H3,(H2,23,24,28). The van der Waals surface area contributed by atoms with Crippen LogP contribution in [0.25, 0.3) is 11.3 Å². The minimum atomic E-state index is -0.337. The second-order valence-electron chi connectivity index (χ2n) is 6.25. The van der Waals surface area contributed by atoms with E-state index in [9.17, 15) is 14.0 Å². The van der Waals surface area contributed by atoms with Crippen LogP contribution in [-0.4, -0.2) is 29.5 Å². The Bertz CT molecular complexity index is 1020. The van der Waals surface area contributed by atoms with E-state index in [1.165, 1.54) is 22.9 Å². The van der Waals surface area contributed by atoms with E-state index >= 15 is 0 Å². The number of hydrogen-bond acceptors (Lipinski definition) is 4. The first-order valence-corrected chi connectivity index (χ1v) is 9.08. The van der Waals surface area contributed by atoms with E-state index in [4.69, 9.17) is 4.74 Å². The largest absolute Gasteiger partial charge is 0.497 e. The monoisotopic (exact) mass is 396 g/mol. The number of benzene rings is 2. The summed E-state index contributed by atoms with van der Waals surface area (Å²) >= 11 is 0. The zero-order valence-electron chi connectivity index (χ0n) is 15.9. The van der Waals surface area contributed by atoms with E-state index < -0.39 is 0 Å². The van der Waals surface area contributed by atoms with Crippen molar-refractivity contribution in [3.05, 3.63) is 76.8 Å². The molecular formula is C21H21FN4O3. The highest BCUT2D eigenvalue weighted by Gasteiger charge is 2.05. The van der Waals surface area contributed by atoms with Gasteiger partial charge in [-0.3, -0.25) is 4.79 Å². The summed E-state index contributed by atoms with van der Waals surface area (Å²) in [5.74, 6) is 0.373. The molecule has 3 rings (SSSR count). The molecule has 0 spiro atoms. The SMILES string of the molecule is COc1ccc(NC(=O)NCCCn2nc(-c3ccc(F)cc3)ccc2=O)cc1. The average molecular weight is 396 g/mol. The fourth-order valence-electron chi connectivity index (χ4n) is 2.66. The lowest BCUT2D eigenvalue weighted by atomic mass is 10.1. The molecule has 1 heterocycles. The molecule has 29 heavy (non-hydrogen) atoms. The first-order valence-electron chi connectivity index (χ1n) is 9.08. The Morgan fingerprint density at radius 3 is 2.48 bits per heavy atom. The Morgan fingerprint density at radius 1 is 1.07 bits per heavy atom. The molecule has 0 aliphatic carbocycles. The zero-order chi connectivity index (χ0) is 20.6. The van der Waals surface area contributed by atoms with Crippen LogP contribution in [0.15, 0.2) is 65.5 Å². The molecule has 0 aliphatic heterocycles. The number of nitrogens with one attached hydrogen (secondary N) is 2. The van der Waals surface area contributed by atoms with Crippen LogP contribution in [0.1, 0.15) is 6.42 Å². The van der Waals surface area contributed by atoms with Gasteiger partial charge < -0.3 is 15.4 Å². The van der Waals surface area contributed by atoms with Crippen molar-refractivity contribution in [3.63, 3.8) is 0 Å². The molecule has 8 heteroatoms. The Hall–Kier alpha value is -3.68. The van der Waals surface area contributed by atoms with Gasteiger partial charge in [-0.05, 0) is 61.0 Å². The maximum Gasteiger partial charge on any atom is 0.319 e. The van der Waals surface area contributed by atoms with Gasteiger partial charge in [0, 0.05) is 30.4 Å². The van der Waals surface area contributed by atoms with Gasteiger partial charge in [0.25, 0.3) is 5.56 Å². The number of carbonyl (C=O) groups excluding carboxylic acids is 1. The number of urea groups is 1. The molecule has 3 aromatic rings. The third-order valence-electron chi connectivity index (χ3n) is 4.19. The molecule has 2 amide bonds. The molecule has 0 saturated carbocycles. The molecular weight excluding hydrogens is 375 g/mol. The molecule has 2 aromatic carbocycles. The van der Waals surface area contributed by atoms with Crippen LogP contribution in [0.5, 0.6) is 5.75 Å². The number of amides is 2. The van der Waals surface area contributed by atoms with Gasteiger partial charge in [-0.15, -0.1) is 0 Å². The fraction of sp³-hybridized carbons (Fsp3) is 0.190. The number of rotatable bonds is 7. The summed E-state index contributed by atoms with van der Waals surface area (Å²) in [6.07, 6.45) is 0.524. The van der Waals surface area contributed by atoms with E-state index in [1.54, 1.807) is 49.6 Å². The number of aryl methyl sites for hydroxylation is 1. The molecule has 0 aliphatic rings. The molecule has 0 fully saturated rings. The van der Waals surface area contributed by atoms with Crippen LogP contribution < -0.4 is 20.9 Å². The summed E-state index contributed by atoms with van der Waals surface area (Å²) in [6, 6.07) is 15.6. The van der Waals surface area contributed by atoms with Gasteiger partial charge in [0.05, 0.1) is 12.8 Å². The highest BCUT2D eigenvalue weighted by Crippen LogP contribution is 2.16. The van der Waals surface area contributed by atoms with Crippen molar-refractivity contribution in [3.8, 4) is 17.0 Å². The van der Waals surface area contributed by atoms with E-state index in [-0.39, 0.29) is 17.4 Å². The van der Waals surface area contributed by atoms with Gasteiger partial charge in [-0.25, -0.2) is 13.9 Å². The number of ether oxygens (including phenoxy) is 1. The Balaban J connectivity index is 1.50. The molecule has 0 saturated heterocycles. The maximum atomic E-state index is 13.1. The molecule has 7 nitrogen and oxygen atoms in total. The van der Waals surface area contributed by atoms with Crippen LogP contribution >= 0.6 is 0 Å². The van der Waals surface area contributed by atoms with Crippen molar-refractivity contribution in [2.75, 3.05) is 19.0 Å². The first kappa shape index (κ1) is 20.1. The highest BCUT2D eigenvalue weighted by atomic mass is 19.1. The van der Waals surface area contributed by atoms with Crippen molar-refractivity contribution < 1.29 is 13.9 Å². The van der Waals surface area contributed by atoms with Crippen LogP contribution in [0, 0.1) is 5.82 Å². The molecule has 0 bridgehead atoms. The van der Waals surface area contributed by atoms with Crippen LogP contribution in [-0.2, 0) is 6.54 Å². The number of aromatic nitrogens is 2. The summed E-state index contributed by atoms with van der Waals surface area (Å²) in [7, 11) is 1.57. The zero-order valence-corrected chi connectivity index (χ0v) is 15.9. The van der Waals surface area contributed by atoms with Crippen LogP contribution in [0.2, 0.25) is 0 Å². The maximum absolute atomic E-state index is 13.1. The van der Waals surface area contributed by atoms with Crippen molar-refractivity contribution >= 4 is 11.7 Å². The Kier molecular flexibility index (Phi) is 6.57. The summed E-state index contributed by atoms with van der Waals surface area (Å²) in [4.78, 5) is 24.0. The molecule has 0 radical (unpaired) electrons. The van der Waals surface area contributed by atoms with E-state index in [2.05, 4.69) is 15.7 Å². The summed E-state index contributed by atoms with van der Waals surface area (Å²) < 4.78 is 19.5. The normalized spacial score (nSPS) is 10.4. The van der Waals surface area contributed by atoms with Gasteiger partial charge in [0.2, 0.25) is 0 Å². The lowest BCUT2D eigenvalue weighted by molar-refractivity contribution is 0.251. The van der Waals surface area contributed by atoms with E-state index in [1.807, 2.05) is 0 Å². The summed E-state index contributed by atoms with van der Waals surface area (Å²) in [6.45, 7) is 0.716. The van der Waals surface area contributed by atoms with Crippen LogP contribution in [0.3, 0.4) is 0 Å². The number of anilines is 1. The second kappa shape index (κ2) is 9.50. The smallest absolute Gasteiger partial charge is 0.319 e. The minimum absolute atomic E-state index is 0.237. The van der Waals surface area contributed by atoms with Crippen molar-refractivity contribution in [2.45, 2.75) is 13.0 Å². The van der Waals surface area contributed by atoms with Gasteiger partial charge in [-0.2, -0.15) is 5.10 Å². The fourth-order valence-corrected chi connectivity index (χ4v) is 2.66. The van der Waals surface area contributed by atoms with Gasteiger partial charge >= 0.3 is 6.03 Å². The first-order chi connectivity index (χ1) is 14.0. The van der Waals surface area contributed by atoms with Gasteiger partial charge in [0.1, 0.15) is 11.6 Å². The number of methoxy groups -OCH3 is 1. The minimum Gasteiger partial charge on any atom is -0.497 e. The topological polar surface area (TPSA) is 85.2 Å². The highest BCUT2D eigenvalue weighted by molar-refractivity contribution is 5.89. The van der Waals surface area contributed by atoms with Gasteiger partial charge in [-0.1, -0.05) is 0 Å². The van der Waals surface area contributed by atoms with E-state index in [0.29, 0.717) is 36.6 Å². The molecule has 2 N–H and O–H groups in total. The van der Waals surface area contributed by atoms with Gasteiger partial charge in [0.15, 0.2) is 0 Å². The Labute approximate surface area is 167 Å². The predicted octanol–water partition coefficient (Wildman–Crippen LogP) is 3.27. The number of nitrogens with zero attached hydrogens (tertiary/aromatic N) is 2. The number of halogens is 1. The predicted molar refractivity (Wildman–Crippen MR) is 109 cm³/mol. The molecule has 0 unspecified atom stereocenters. The quantitative estimate of drug-likeness (QED) is 0.600. The molecule has 1 aromatic heterocycles. The summed E-state index contributed by atoms with van der Waals surface area (Å²) in [5.41, 5.74) is 1.71. The third kappa shape index (κ3) is 5.65. The van der Waals surface area contributed by atoms with E-state index in [0.717, 1.165) is 5.56 Å².